The Balaban J connectivity index is 2.06. The van der Waals surface area contributed by atoms with E-state index in [1.54, 1.807) is 0 Å². The Morgan fingerprint density at radius 1 is 1.40 bits per heavy atom. The van der Waals surface area contributed by atoms with Crippen LogP contribution in [-0.2, 0) is 6.54 Å². The molecule has 20 heavy (non-hydrogen) atoms. The lowest BCUT2D eigenvalue weighted by molar-refractivity contribution is 0.334. The Kier molecular flexibility index (Phi) is 5.35. The summed E-state index contributed by atoms with van der Waals surface area (Å²) in [6, 6.07) is 0.595. The summed E-state index contributed by atoms with van der Waals surface area (Å²) in [6.45, 7) is 8.37. The number of rotatable bonds is 5. The number of anilines is 1. The van der Waals surface area contributed by atoms with E-state index >= 15 is 0 Å². The van der Waals surface area contributed by atoms with Crippen molar-refractivity contribution >= 4 is 5.95 Å². The van der Waals surface area contributed by atoms with Crippen LogP contribution in [0.1, 0.15) is 50.8 Å². The van der Waals surface area contributed by atoms with Crippen molar-refractivity contribution < 1.29 is 0 Å². The van der Waals surface area contributed by atoms with E-state index in [1.807, 2.05) is 6.20 Å². The summed E-state index contributed by atoms with van der Waals surface area (Å²) in [6.07, 6.45) is 7.20. The Labute approximate surface area is 123 Å². The largest absolute Gasteiger partial charge is 0.341 e. The summed E-state index contributed by atoms with van der Waals surface area (Å²) in [7, 11) is 2.14. The van der Waals surface area contributed by atoms with E-state index in [0.29, 0.717) is 6.04 Å². The van der Waals surface area contributed by atoms with Gasteiger partial charge in [0.2, 0.25) is 5.95 Å². The molecule has 1 heterocycles. The first-order valence-corrected chi connectivity index (χ1v) is 7.87. The quantitative estimate of drug-likeness (QED) is 0.898. The highest BCUT2D eigenvalue weighted by molar-refractivity contribution is 5.33. The number of hydrogen-bond donors (Lipinski definition) is 1. The van der Waals surface area contributed by atoms with Gasteiger partial charge in [-0.3, -0.25) is 0 Å². The lowest BCUT2D eigenvalue weighted by Gasteiger charge is -2.34. The number of aryl methyl sites for hydroxylation is 1. The van der Waals surface area contributed by atoms with Gasteiger partial charge >= 0.3 is 0 Å². The zero-order chi connectivity index (χ0) is 14.5. The molecular weight excluding hydrogens is 248 g/mol. The fourth-order valence-electron chi connectivity index (χ4n) is 3.00. The third-order valence-electron chi connectivity index (χ3n) is 4.41. The second-order valence-corrected chi connectivity index (χ2v) is 6.10. The average Bonchev–Trinajstić information content (AvgIpc) is 2.45. The molecule has 2 unspecified atom stereocenters. The van der Waals surface area contributed by atoms with Gasteiger partial charge in [-0.05, 0) is 32.2 Å². The van der Waals surface area contributed by atoms with Crippen molar-refractivity contribution in [2.75, 3.05) is 18.5 Å². The molecule has 0 bridgehead atoms. The van der Waals surface area contributed by atoms with E-state index in [9.17, 15) is 0 Å². The first-order chi connectivity index (χ1) is 9.61. The van der Waals surface area contributed by atoms with Crippen LogP contribution in [0.2, 0.25) is 0 Å². The van der Waals surface area contributed by atoms with Crippen LogP contribution in [0, 0.1) is 12.8 Å². The van der Waals surface area contributed by atoms with Gasteiger partial charge < -0.3 is 10.2 Å². The number of nitrogens with one attached hydrogen (secondary N) is 1. The molecule has 1 saturated carbocycles. The van der Waals surface area contributed by atoms with E-state index in [1.165, 1.54) is 31.2 Å². The molecule has 1 aliphatic rings. The van der Waals surface area contributed by atoms with E-state index in [4.69, 9.17) is 4.98 Å². The summed E-state index contributed by atoms with van der Waals surface area (Å²) in [4.78, 5) is 11.5. The molecule has 1 fully saturated rings. The van der Waals surface area contributed by atoms with Gasteiger partial charge in [-0.1, -0.05) is 26.7 Å². The highest BCUT2D eigenvalue weighted by Gasteiger charge is 2.24. The Morgan fingerprint density at radius 2 is 2.20 bits per heavy atom. The van der Waals surface area contributed by atoms with Crippen molar-refractivity contribution in [3.8, 4) is 0 Å². The van der Waals surface area contributed by atoms with E-state index < -0.39 is 0 Å². The van der Waals surface area contributed by atoms with Crippen LogP contribution in [0.3, 0.4) is 0 Å². The fraction of sp³-hybridized carbons (Fsp3) is 0.750. The van der Waals surface area contributed by atoms with Crippen molar-refractivity contribution in [3.63, 3.8) is 0 Å². The molecule has 112 valence electrons. The van der Waals surface area contributed by atoms with Gasteiger partial charge in [-0.15, -0.1) is 0 Å². The topological polar surface area (TPSA) is 41.1 Å². The molecule has 1 N–H and O–H groups in total. The molecular formula is C16H28N4. The van der Waals surface area contributed by atoms with Crippen LogP contribution in [0.15, 0.2) is 6.20 Å². The molecule has 0 spiro atoms. The highest BCUT2D eigenvalue weighted by Crippen LogP contribution is 2.28. The third kappa shape index (κ3) is 3.69. The molecule has 4 nitrogen and oxygen atoms in total. The fourth-order valence-corrected chi connectivity index (χ4v) is 3.00. The summed E-state index contributed by atoms with van der Waals surface area (Å²) < 4.78 is 0. The zero-order valence-electron chi connectivity index (χ0n) is 13.3. The van der Waals surface area contributed by atoms with Gasteiger partial charge in [-0.2, -0.15) is 0 Å². The molecule has 1 aliphatic carbocycles. The predicted octanol–water partition coefficient (Wildman–Crippen LogP) is 2.91. The number of nitrogens with zero attached hydrogens (tertiary/aromatic N) is 3. The summed E-state index contributed by atoms with van der Waals surface area (Å²) >= 11 is 0. The van der Waals surface area contributed by atoms with Gasteiger partial charge in [0.25, 0.3) is 0 Å². The van der Waals surface area contributed by atoms with Gasteiger partial charge in [-0.25, -0.2) is 9.97 Å². The SMILES string of the molecule is CCNCc1cnc(N(C)C2CCCC(C)C2)nc1C. The molecule has 0 aromatic carbocycles. The molecule has 4 heteroatoms. The van der Waals surface area contributed by atoms with Crippen LogP contribution in [0.4, 0.5) is 5.95 Å². The number of aromatic nitrogens is 2. The number of hydrogen-bond acceptors (Lipinski definition) is 4. The third-order valence-corrected chi connectivity index (χ3v) is 4.41. The minimum Gasteiger partial charge on any atom is -0.341 e. The van der Waals surface area contributed by atoms with Crippen molar-refractivity contribution in [2.24, 2.45) is 5.92 Å². The smallest absolute Gasteiger partial charge is 0.225 e. The molecule has 1 aromatic heterocycles. The molecule has 0 aliphatic heterocycles. The van der Waals surface area contributed by atoms with Gasteiger partial charge in [0.15, 0.2) is 0 Å². The average molecular weight is 276 g/mol. The van der Waals surface area contributed by atoms with E-state index in [-0.39, 0.29) is 0 Å². The molecule has 1 aromatic rings. The second-order valence-electron chi connectivity index (χ2n) is 6.10. The highest BCUT2D eigenvalue weighted by atomic mass is 15.3. The maximum Gasteiger partial charge on any atom is 0.225 e. The van der Waals surface area contributed by atoms with E-state index in [2.05, 4.69) is 43.0 Å². The maximum atomic E-state index is 4.70. The summed E-state index contributed by atoms with van der Waals surface area (Å²) in [5, 5.41) is 3.33. The second kappa shape index (κ2) is 7.02. The van der Waals surface area contributed by atoms with Crippen LogP contribution < -0.4 is 10.2 Å². The molecule has 0 saturated heterocycles. The predicted molar refractivity (Wildman–Crippen MR) is 84.0 cm³/mol. The van der Waals surface area contributed by atoms with E-state index in [0.717, 1.165) is 30.6 Å². The van der Waals surface area contributed by atoms with Crippen LogP contribution in [0.25, 0.3) is 0 Å². The first-order valence-electron chi connectivity index (χ1n) is 7.87. The molecule has 2 rings (SSSR count). The maximum absolute atomic E-state index is 4.70. The lowest BCUT2D eigenvalue weighted by atomic mass is 9.86. The van der Waals surface area contributed by atoms with Crippen LogP contribution >= 0.6 is 0 Å². The van der Waals surface area contributed by atoms with Crippen LogP contribution in [0.5, 0.6) is 0 Å². The Bertz CT molecular complexity index is 432. The van der Waals surface area contributed by atoms with Gasteiger partial charge in [0.1, 0.15) is 0 Å². The molecule has 2 atom stereocenters. The van der Waals surface area contributed by atoms with Crippen molar-refractivity contribution in [2.45, 2.75) is 59.0 Å². The molecule has 0 radical (unpaired) electrons. The van der Waals surface area contributed by atoms with Crippen molar-refractivity contribution in [1.82, 2.24) is 15.3 Å². The summed E-state index contributed by atoms with van der Waals surface area (Å²) in [5.74, 6) is 1.70. The van der Waals surface area contributed by atoms with Crippen LogP contribution in [-0.4, -0.2) is 29.6 Å². The normalized spacial score (nSPS) is 22.8. The first kappa shape index (κ1) is 15.2. The van der Waals surface area contributed by atoms with Crippen molar-refractivity contribution in [3.05, 3.63) is 17.5 Å². The molecule has 0 amide bonds. The Morgan fingerprint density at radius 3 is 2.85 bits per heavy atom. The Hall–Kier alpha value is -1.16. The monoisotopic (exact) mass is 276 g/mol. The zero-order valence-corrected chi connectivity index (χ0v) is 13.3. The standard InChI is InChI=1S/C16H28N4/c1-5-17-10-14-11-18-16(19-13(14)3)20(4)15-8-6-7-12(2)9-15/h11-12,15,17H,5-10H2,1-4H3. The van der Waals surface area contributed by atoms with Crippen molar-refractivity contribution in [1.29, 1.82) is 0 Å². The van der Waals surface area contributed by atoms with Gasteiger partial charge in [0.05, 0.1) is 0 Å². The minimum atomic E-state index is 0.595. The van der Waals surface area contributed by atoms with Gasteiger partial charge in [0, 0.05) is 37.1 Å². The summed E-state index contributed by atoms with van der Waals surface area (Å²) in [5.41, 5.74) is 2.28. The lowest BCUT2D eigenvalue weighted by Crippen LogP contribution is -2.36. The minimum absolute atomic E-state index is 0.595.